The predicted octanol–water partition coefficient (Wildman–Crippen LogP) is 2.43. The van der Waals surface area contributed by atoms with Crippen LogP contribution in [0.4, 0.5) is 4.79 Å². The van der Waals surface area contributed by atoms with E-state index in [4.69, 9.17) is 0 Å². The molecule has 1 saturated heterocycles. The van der Waals surface area contributed by atoms with Crippen LogP contribution in [0.3, 0.4) is 0 Å². The largest absolute Gasteiger partial charge is 0.328 e. The van der Waals surface area contributed by atoms with E-state index >= 15 is 0 Å². The Balaban J connectivity index is 1.53. The van der Waals surface area contributed by atoms with Crippen molar-refractivity contribution in [2.75, 3.05) is 20.1 Å². The van der Waals surface area contributed by atoms with Gasteiger partial charge in [-0.15, -0.1) is 10.2 Å². The van der Waals surface area contributed by atoms with Crippen molar-refractivity contribution in [3.8, 4) is 0 Å². The molecule has 1 aromatic carbocycles. The van der Waals surface area contributed by atoms with Gasteiger partial charge < -0.3 is 14.8 Å². The molecule has 146 valence electrons. The van der Waals surface area contributed by atoms with E-state index in [2.05, 4.69) is 51.6 Å². The maximum absolute atomic E-state index is 12.7. The van der Waals surface area contributed by atoms with E-state index in [1.54, 1.807) is 6.33 Å². The van der Waals surface area contributed by atoms with Crippen LogP contribution in [0.15, 0.2) is 36.7 Å². The molecule has 0 spiro atoms. The third-order valence-corrected chi connectivity index (χ3v) is 5.48. The molecule has 0 saturated carbocycles. The van der Waals surface area contributed by atoms with Crippen LogP contribution in [-0.4, -0.2) is 56.8 Å². The molecular weight excluding hydrogens is 340 g/mol. The lowest BCUT2D eigenvalue weighted by Crippen LogP contribution is -2.53. The minimum atomic E-state index is -0.180. The third-order valence-electron chi connectivity index (χ3n) is 5.48. The molecule has 1 aliphatic heterocycles. The van der Waals surface area contributed by atoms with E-state index in [1.807, 2.05) is 36.6 Å². The number of likely N-dealkylation sites (tertiary alicyclic amines) is 1. The number of rotatable bonds is 5. The average molecular weight is 371 g/mol. The minimum absolute atomic E-state index is 0.0566. The van der Waals surface area contributed by atoms with Crippen LogP contribution in [0.5, 0.6) is 0 Å². The fourth-order valence-corrected chi connectivity index (χ4v) is 3.97. The molecule has 0 radical (unpaired) electrons. The summed E-state index contributed by atoms with van der Waals surface area (Å²) in [5.41, 5.74) is 1.34. The van der Waals surface area contributed by atoms with Gasteiger partial charge >= 0.3 is 6.03 Å². The molecule has 3 rings (SSSR count). The van der Waals surface area contributed by atoms with E-state index in [-0.39, 0.29) is 18.1 Å². The predicted molar refractivity (Wildman–Crippen MR) is 105 cm³/mol. The van der Waals surface area contributed by atoms with Crippen LogP contribution < -0.4 is 5.32 Å². The van der Waals surface area contributed by atoms with Gasteiger partial charge in [-0.25, -0.2) is 4.79 Å². The molecule has 7 nitrogen and oxygen atoms in total. The van der Waals surface area contributed by atoms with E-state index < -0.39 is 0 Å². The number of hydrogen-bond acceptors (Lipinski definition) is 4. The lowest BCUT2D eigenvalue weighted by Gasteiger charge is -2.41. The summed E-state index contributed by atoms with van der Waals surface area (Å²) in [6, 6.07) is 10.6. The van der Waals surface area contributed by atoms with Gasteiger partial charge in [0.1, 0.15) is 6.33 Å². The van der Waals surface area contributed by atoms with Crippen LogP contribution in [0.2, 0.25) is 0 Å². The van der Waals surface area contributed by atoms with Crippen LogP contribution in [0, 0.1) is 5.92 Å². The Labute approximate surface area is 161 Å². The zero-order valence-corrected chi connectivity index (χ0v) is 16.7. The Morgan fingerprint density at radius 3 is 2.74 bits per heavy atom. The summed E-state index contributed by atoms with van der Waals surface area (Å²) in [4.78, 5) is 17.1. The topological polar surface area (TPSA) is 66.3 Å². The first-order chi connectivity index (χ1) is 13.0. The van der Waals surface area contributed by atoms with Gasteiger partial charge in [-0.3, -0.25) is 4.90 Å². The lowest BCUT2D eigenvalue weighted by molar-refractivity contribution is 0.0882. The van der Waals surface area contributed by atoms with Gasteiger partial charge in [0.15, 0.2) is 5.82 Å². The van der Waals surface area contributed by atoms with Crippen molar-refractivity contribution in [1.29, 1.82) is 0 Å². The molecule has 1 fully saturated rings. The number of piperidine rings is 1. The van der Waals surface area contributed by atoms with Crippen molar-refractivity contribution in [3.63, 3.8) is 0 Å². The number of carbonyl (C=O) groups excluding carboxylic acids is 1. The zero-order chi connectivity index (χ0) is 19.4. The number of aryl methyl sites for hydroxylation is 1. The average Bonchev–Trinajstić information content (AvgIpc) is 3.08. The van der Waals surface area contributed by atoms with Crippen LogP contribution in [-0.2, 0) is 13.6 Å². The normalized spacial score (nSPS) is 21.6. The number of nitrogens with zero attached hydrogens (tertiary/aromatic N) is 5. The van der Waals surface area contributed by atoms with Crippen molar-refractivity contribution >= 4 is 6.03 Å². The molecule has 3 atom stereocenters. The molecule has 0 aliphatic carbocycles. The number of aromatic nitrogens is 3. The summed E-state index contributed by atoms with van der Waals surface area (Å²) in [5, 5.41) is 11.0. The first-order valence-electron chi connectivity index (χ1n) is 9.59. The van der Waals surface area contributed by atoms with Crippen molar-refractivity contribution in [2.24, 2.45) is 13.0 Å². The molecule has 1 aliphatic rings. The van der Waals surface area contributed by atoms with Crippen LogP contribution in [0.25, 0.3) is 0 Å². The molecule has 2 amide bonds. The van der Waals surface area contributed by atoms with Gasteiger partial charge in [-0.2, -0.15) is 0 Å². The molecule has 1 aromatic heterocycles. The standard InChI is InChI=1S/C20H30N6O/c1-15-12-26(13-17-8-6-5-7-9-17)11-10-18(15)25(4)20(27)22-16(2)19-23-21-14-24(19)3/h5-9,14-16,18H,10-13H2,1-4H3,(H,22,27)/t15-,16+,18+/m1/s1. The zero-order valence-electron chi connectivity index (χ0n) is 16.7. The fourth-order valence-electron chi connectivity index (χ4n) is 3.97. The molecular formula is C20H30N6O. The summed E-state index contributed by atoms with van der Waals surface area (Å²) < 4.78 is 1.83. The molecule has 0 unspecified atom stereocenters. The second-order valence-corrected chi connectivity index (χ2v) is 7.64. The van der Waals surface area contributed by atoms with Gasteiger partial charge in [0.05, 0.1) is 6.04 Å². The smallest absolute Gasteiger partial charge is 0.317 e. The lowest BCUT2D eigenvalue weighted by atomic mass is 9.92. The Morgan fingerprint density at radius 2 is 2.11 bits per heavy atom. The van der Waals surface area contributed by atoms with Gasteiger partial charge in [0, 0.05) is 39.8 Å². The highest BCUT2D eigenvalue weighted by molar-refractivity contribution is 5.74. The molecule has 1 N–H and O–H groups in total. The summed E-state index contributed by atoms with van der Waals surface area (Å²) >= 11 is 0. The Kier molecular flexibility index (Phi) is 6.11. The maximum atomic E-state index is 12.7. The number of amides is 2. The Hall–Kier alpha value is -2.41. The summed E-state index contributed by atoms with van der Waals surface area (Å²) in [6.07, 6.45) is 2.63. The maximum Gasteiger partial charge on any atom is 0.317 e. The van der Waals surface area contributed by atoms with E-state index in [9.17, 15) is 4.79 Å². The van der Waals surface area contributed by atoms with Gasteiger partial charge in [-0.1, -0.05) is 37.3 Å². The van der Waals surface area contributed by atoms with E-state index in [0.29, 0.717) is 5.92 Å². The SMILES string of the molecule is C[C@H](NC(=O)N(C)[C@H]1CCN(Cc2ccccc2)C[C@H]1C)c1nncn1C. The van der Waals surface area contributed by atoms with Gasteiger partial charge in [0.2, 0.25) is 0 Å². The highest BCUT2D eigenvalue weighted by Crippen LogP contribution is 2.23. The highest BCUT2D eigenvalue weighted by atomic mass is 16.2. The first-order valence-corrected chi connectivity index (χ1v) is 9.59. The van der Waals surface area contributed by atoms with Crippen LogP contribution in [0.1, 0.15) is 37.7 Å². The quantitative estimate of drug-likeness (QED) is 0.878. The molecule has 2 aromatic rings. The van der Waals surface area contributed by atoms with Gasteiger partial charge in [-0.05, 0) is 24.8 Å². The summed E-state index contributed by atoms with van der Waals surface area (Å²) in [5.74, 6) is 1.17. The van der Waals surface area contributed by atoms with Crippen molar-refractivity contribution in [3.05, 3.63) is 48.0 Å². The second-order valence-electron chi connectivity index (χ2n) is 7.64. The Bertz CT molecular complexity index is 746. The fraction of sp³-hybridized carbons (Fsp3) is 0.550. The molecule has 0 bridgehead atoms. The van der Waals surface area contributed by atoms with Crippen molar-refractivity contribution < 1.29 is 4.79 Å². The number of hydrogen-bond donors (Lipinski definition) is 1. The monoisotopic (exact) mass is 370 g/mol. The molecule has 7 heteroatoms. The summed E-state index contributed by atoms with van der Waals surface area (Å²) in [6.45, 7) is 7.13. The van der Waals surface area contributed by atoms with E-state index in [1.165, 1.54) is 5.56 Å². The van der Waals surface area contributed by atoms with Crippen LogP contribution >= 0.6 is 0 Å². The Morgan fingerprint density at radius 1 is 1.37 bits per heavy atom. The van der Waals surface area contributed by atoms with Crippen molar-refractivity contribution in [2.45, 2.75) is 38.9 Å². The van der Waals surface area contributed by atoms with E-state index in [0.717, 1.165) is 31.9 Å². The molecule has 2 heterocycles. The third kappa shape index (κ3) is 4.66. The number of carbonyl (C=O) groups is 1. The highest BCUT2D eigenvalue weighted by Gasteiger charge is 2.31. The summed E-state index contributed by atoms with van der Waals surface area (Å²) in [7, 11) is 3.78. The number of nitrogens with one attached hydrogen (secondary N) is 1. The second kappa shape index (κ2) is 8.52. The first kappa shape index (κ1) is 19.4. The van der Waals surface area contributed by atoms with Gasteiger partial charge in [0.25, 0.3) is 0 Å². The molecule has 27 heavy (non-hydrogen) atoms. The number of benzene rings is 1. The minimum Gasteiger partial charge on any atom is -0.328 e. The van der Waals surface area contributed by atoms with Crippen molar-refractivity contribution in [1.82, 2.24) is 29.9 Å². The number of urea groups is 1.